The zero-order valence-corrected chi connectivity index (χ0v) is 14.2. The number of nitrogens with zero attached hydrogens (tertiary/aromatic N) is 2. The quantitative estimate of drug-likeness (QED) is 0.797. The maximum atomic E-state index is 12.6. The first-order valence-electron chi connectivity index (χ1n) is 6.62. The molecular formula is C16H15BrN2OS. The fourth-order valence-corrected chi connectivity index (χ4v) is 3.33. The van der Waals surface area contributed by atoms with Gasteiger partial charge in [0.1, 0.15) is 0 Å². The highest BCUT2D eigenvalue weighted by molar-refractivity contribution is 9.11. The summed E-state index contributed by atoms with van der Waals surface area (Å²) in [6.45, 7) is 4.61. The SMILES string of the molecule is CCN(C(=O)c1csc(Br)c1)C(C)c1ccc(C#N)cc1. The van der Waals surface area contributed by atoms with Gasteiger partial charge in [-0.1, -0.05) is 12.1 Å². The van der Waals surface area contributed by atoms with Gasteiger partial charge in [0.15, 0.2) is 0 Å². The smallest absolute Gasteiger partial charge is 0.255 e. The number of carbonyl (C=O) groups is 1. The average molecular weight is 363 g/mol. The summed E-state index contributed by atoms with van der Waals surface area (Å²) in [5.41, 5.74) is 2.36. The molecule has 0 fully saturated rings. The van der Waals surface area contributed by atoms with E-state index in [0.717, 1.165) is 9.35 Å². The van der Waals surface area contributed by atoms with Crippen LogP contribution in [0.3, 0.4) is 0 Å². The molecule has 0 aliphatic carbocycles. The Hall–Kier alpha value is -1.64. The second kappa shape index (κ2) is 6.88. The molecular weight excluding hydrogens is 348 g/mol. The van der Waals surface area contributed by atoms with E-state index in [1.54, 1.807) is 12.1 Å². The first-order chi connectivity index (χ1) is 10.1. The zero-order valence-electron chi connectivity index (χ0n) is 11.8. The number of rotatable bonds is 4. The Kier molecular flexibility index (Phi) is 5.16. The van der Waals surface area contributed by atoms with Crippen molar-refractivity contribution in [2.24, 2.45) is 0 Å². The van der Waals surface area contributed by atoms with Crippen molar-refractivity contribution in [1.29, 1.82) is 5.26 Å². The van der Waals surface area contributed by atoms with E-state index in [-0.39, 0.29) is 11.9 Å². The van der Waals surface area contributed by atoms with Crippen LogP contribution in [0.2, 0.25) is 0 Å². The lowest BCUT2D eigenvalue weighted by atomic mass is 10.0. The van der Waals surface area contributed by atoms with E-state index in [1.807, 2.05) is 42.3 Å². The standard InChI is InChI=1S/C16H15BrN2OS/c1-3-19(16(20)14-8-15(17)21-10-14)11(2)13-6-4-12(9-18)5-7-13/h4-8,10-11H,3H2,1-2H3. The first kappa shape index (κ1) is 15.7. The Morgan fingerprint density at radius 1 is 1.43 bits per heavy atom. The van der Waals surface area contributed by atoms with Gasteiger partial charge in [0.25, 0.3) is 5.91 Å². The lowest BCUT2D eigenvalue weighted by Crippen LogP contribution is -2.33. The zero-order chi connectivity index (χ0) is 15.4. The molecule has 0 N–H and O–H groups in total. The van der Waals surface area contributed by atoms with Crippen LogP contribution in [0, 0.1) is 11.3 Å². The molecule has 0 bridgehead atoms. The van der Waals surface area contributed by atoms with Crippen LogP contribution < -0.4 is 0 Å². The normalized spacial score (nSPS) is 11.7. The van der Waals surface area contributed by atoms with Crippen molar-refractivity contribution in [1.82, 2.24) is 4.90 Å². The van der Waals surface area contributed by atoms with Crippen molar-refractivity contribution in [3.63, 3.8) is 0 Å². The topological polar surface area (TPSA) is 44.1 Å². The van der Waals surface area contributed by atoms with Crippen molar-refractivity contribution >= 4 is 33.2 Å². The van der Waals surface area contributed by atoms with E-state index < -0.39 is 0 Å². The van der Waals surface area contributed by atoms with Crippen molar-refractivity contribution in [2.75, 3.05) is 6.54 Å². The van der Waals surface area contributed by atoms with E-state index in [9.17, 15) is 4.79 Å². The molecule has 1 unspecified atom stereocenters. The van der Waals surface area contributed by atoms with Crippen LogP contribution >= 0.6 is 27.3 Å². The third-order valence-electron chi connectivity index (χ3n) is 3.41. The van der Waals surface area contributed by atoms with Gasteiger partial charge in [0, 0.05) is 11.9 Å². The Labute approximate surface area is 136 Å². The van der Waals surface area contributed by atoms with Gasteiger partial charge in [0.05, 0.1) is 27.0 Å². The van der Waals surface area contributed by atoms with Crippen molar-refractivity contribution in [3.8, 4) is 6.07 Å². The summed E-state index contributed by atoms with van der Waals surface area (Å²) < 4.78 is 0.952. The summed E-state index contributed by atoms with van der Waals surface area (Å²) in [4.78, 5) is 14.4. The molecule has 0 radical (unpaired) electrons. The van der Waals surface area contributed by atoms with Crippen molar-refractivity contribution < 1.29 is 4.79 Å². The van der Waals surface area contributed by atoms with Gasteiger partial charge in [-0.3, -0.25) is 4.79 Å². The fourth-order valence-electron chi connectivity index (χ4n) is 2.20. The second-order valence-electron chi connectivity index (χ2n) is 4.64. The van der Waals surface area contributed by atoms with Gasteiger partial charge in [-0.15, -0.1) is 11.3 Å². The number of thiophene rings is 1. The van der Waals surface area contributed by atoms with Crippen LogP contribution in [0.4, 0.5) is 0 Å². The molecule has 3 nitrogen and oxygen atoms in total. The summed E-state index contributed by atoms with van der Waals surface area (Å²) in [5, 5.41) is 10.7. The number of amides is 1. The fraction of sp³-hybridized carbons (Fsp3) is 0.250. The van der Waals surface area contributed by atoms with Crippen LogP contribution in [-0.4, -0.2) is 17.4 Å². The molecule has 2 rings (SSSR count). The number of hydrogen-bond donors (Lipinski definition) is 0. The van der Waals surface area contributed by atoms with Crippen molar-refractivity contribution in [3.05, 3.63) is 56.2 Å². The van der Waals surface area contributed by atoms with Gasteiger partial charge in [0.2, 0.25) is 0 Å². The Balaban J connectivity index is 2.23. The second-order valence-corrected chi connectivity index (χ2v) is 6.93. The summed E-state index contributed by atoms with van der Waals surface area (Å²) >= 11 is 4.89. The molecule has 0 aliphatic rings. The number of carbonyl (C=O) groups excluding carboxylic acids is 1. The summed E-state index contributed by atoms with van der Waals surface area (Å²) in [5.74, 6) is 0.0244. The van der Waals surface area contributed by atoms with Crippen LogP contribution in [0.25, 0.3) is 0 Å². The lowest BCUT2D eigenvalue weighted by molar-refractivity contribution is 0.0703. The lowest BCUT2D eigenvalue weighted by Gasteiger charge is -2.28. The van der Waals surface area contributed by atoms with Gasteiger partial charge in [-0.25, -0.2) is 0 Å². The Morgan fingerprint density at radius 3 is 2.57 bits per heavy atom. The maximum Gasteiger partial charge on any atom is 0.255 e. The predicted molar refractivity (Wildman–Crippen MR) is 88.3 cm³/mol. The number of benzene rings is 1. The predicted octanol–water partition coefficient (Wildman–Crippen LogP) is 4.61. The van der Waals surface area contributed by atoms with E-state index in [1.165, 1.54) is 11.3 Å². The summed E-state index contributed by atoms with van der Waals surface area (Å²) in [6, 6.07) is 11.3. The largest absolute Gasteiger partial charge is 0.332 e. The van der Waals surface area contributed by atoms with Crippen LogP contribution in [0.5, 0.6) is 0 Å². The molecule has 21 heavy (non-hydrogen) atoms. The molecule has 1 amide bonds. The highest BCUT2D eigenvalue weighted by Crippen LogP contribution is 2.26. The Morgan fingerprint density at radius 2 is 2.10 bits per heavy atom. The molecule has 0 saturated heterocycles. The minimum Gasteiger partial charge on any atom is -0.332 e. The highest BCUT2D eigenvalue weighted by Gasteiger charge is 2.22. The minimum atomic E-state index is -0.0334. The third-order valence-corrected chi connectivity index (χ3v) is 4.91. The molecule has 5 heteroatoms. The average Bonchev–Trinajstić information content (AvgIpc) is 2.94. The van der Waals surface area contributed by atoms with Gasteiger partial charge >= 0.3 is 0 Å². The maximum absolute atomic E-state index is 12.6. The molecule has 1 atom stereocenters. The van der Waals surface area contributed by atoms with Gasteiger partial charge in [-0.2, -0.15) is 5.26 Å². The van der Waals surface area contributed by atoms with E-state index in [0.29, 0.717) is 17.7 Å². The molecule has 1 aromatic carbocycles. The van der Waals surface area contributed by atoms with Crippen molar-refractivity contribution in [2.45, 2.75) is 19.9 Å². The van der Waals surface area contributed by atoms with Gasteiger partial charge in [-0.05, 0) is 53.5 Å². The molecule has 0 spiro atoms. The molecule has 1 aromatic heterocycles. The summed E-state index contributed by atoms with van der Waals surface area (Å²) in [7, 11) is 0. The number of hydrogen-bond acceptors (Lipinski definition) is 3. The van der Waals surface area contributed by atoms with Gasteiger partial charge < -0.3 is 4.90 Å². The number of halogens is 1. The molecule has 1 heterocycles. The minimum absolute atomic E-state index is 0.0244. The van der Waals surface area contributed by atoms with Crippen LogP contribution in [0.15, 0.2) is 39.5 Å². The van der Waals surface area contributed by atoms with E-state index in [4.69, 9.17) is 5.26 Å². The highest BCUT2D eigenvalue weighted by atomic mass is 79.9. The summed E-state index contributed by atoms with van der Waals surface area (Å²) in [6.07, 6.45) is 0. The third kappa shape index (κ3) is 3.52. The molecule has 0 aliphatic heterocycles. The van der Waals surface area contributed by atoms with E-state index >= 15 is 0 Å². The molecule has 108 valence electrons. The Bertz CT molecular complexity index is 672. The van der Waals surface area contributed by atoms with E-state index in [2.05, 4.69) is 22.0 Å². The first-order valence-corrected chi connectivity index (χ1v) is 8.29. The monoisotopic (exact) mass is 362 g/mol. The molecule has 0 saturated carbocycles. The van der Waals surface area contributed by atoms with Crippen LogP contribution in [-0.2, 0) is 0 Å². The molecule has 2 aromatic rings. The van der Waals surface area contributed by atoms with Crippen LogP contribution in [0.1, 0.15) is 41.4 Å². The number of nitriles is 1.